The molecule has 0 aliphatic carbocycles. The van der Waals surface area contributed by atoms with Gasteiger partial charge in [-0.05, 0) is 25.9 Å². The lowest BCUT2D eigenvalue weighted by atomic mass is 10.2. The molecule has 0 aromatic heterocycles. The summed E-state index contributed by atoms with van der Waals surface area (Å²) in [5.74, 6) is 0. The molecule has 1 saturated heterocycles. The Kier molecular flexibility index (Phi) is 4.18. The van der Waals surface area contributed by atoms with E-state index >= 15 is 0 Å². The Morgan fingerprint density at radius 2 is 2.21 bits per heavy atom. The fourth-order valence-corrected chi connectivity index (χ4v) is 2.42. The molecule has 4 nitrogen and oxygen atoms in total. The second-order valence-electron chi connectivity index (χ2n) is 3.65. The number of likely N-dealkylation sites (tertiary alicyclic amines) is 1. The van der Waals surface area contributed by atoms with Crippen molar-refractivity contribution in [2.75, 3.05) is 26.7 Å². The highest BCUT2D eigenvalue weighted by Crippen LogP contribution is 2.18. The molecule has 1 heterocycles. The first kappa shape index (κ1) is 12.2. The van der Waals surface area contributed by atoms with E-state index in [1.54, 1.807) is 0 Å². The fraction of sp³-hybridized carbons (Fsp3) is 1.00. The summed E-state index contributed by atoms with van der Waals surface area (Å²) in [7, 11) is 3.21. The van der Waals surface area contributed by atoms with Crippen molar-refractivity contribution in [1.29, 1.82) is 0 Å². The highest BCUT2D eigenvalue weighted by Gasteiger charge is 2.27. The second kappa shape index (κ2) is 4.79. The van der Waals surface area contributed by atoms with Gasteiger partial charge in [0.1, 0.15) is 0 Å². The van der Waals surface area contributed by atoms with Crippen LogP contribution in [0.2, 0.25) is 0 Å². The molecule has 0 amide bonds. The summed E-state index contributed by atoms with van der Waals surface area (Å²) < 4.78 is 23.2. The minimum atomic E-state index is -3.54. The van der Waals surface area contributed by atoms with E-state index in [0.717, 1.165) is 25.9 Å². The molecular formula is C8H17ClN2O2S. The third-order valence-corrected chi connectivity index (χ3v) is 4.35. The van der Waals surface area contributed by atoms with Gasteiger partial charge in [0.25, 0.3) is 9.24 Å². The van der Waals surface area contributed by atoms with E-state index in [4.69, 9.17) is 10.7 Å². The molecule has 0 bridgehead atoms. The van der Waals surface area contributed by atoms with Crippen LogP contribution in [-0.2, 0) is 9.24 Å². The number of halogens is 1. The van der Waals surface area contributed by atoms with E-state index in [1.807, 2.05) is 0 Å². The lowest BCUT2D eigenvalue weighted by Gasteiger charge is -2.25. The maximum atomic E-state index is 11.0. The van der Waals surface area contributed by atoms with Crippen LogP contribution >= 0.6 is 10.7 Å². The van der Waals surface area contributed by atoms with Gasteiger partial charge in [0.2, 0.25) is 0 Å². The normalized spacial score (nSPS) is 24.7. The predicted molar refractivity (Wildman–Crippen MR) is 57.7 cm³/mol. The topological polar surface area (TPSA) is 40.6 Å². The molecule has 0 radical (unpaired) electrons. The van der Waals surface area contributed by atoms with Crippen molar-refractivity contribution in [2.45, 2.75) is 25.8 Å². The number of rotatable bonds is 4. The quantitative estimate of drug-likeness (QED) is 0.686. The number of hydrogen-bond donors (Lipinski definition) is 0. The van der Waals surface area contributed by atoms with Crippen molar-refractivity contribution in [3.8, 4) is 0 Å². The van der Waals surface area contributed by atoms with Gasteiger partial charge in [0.05, 0.1) is 0 Å². The monoisotopic (exact) mass is 240 g/mol. The molecule has 1 atom stereocenters. The van der Waals surface area contributed by atoms with Crippen molar-refractivity contribution >= 4 is 19.9 Å². The Labute approximate surface area is 90.4 Å². The summed E-state index contributed by atoms with van der Waals surface area (Å²) in [5, 5.41) is 0. The summed E-state index contributed by atoms with van der Waals surface area (Å²) in [4.78, 5) is 2.29. The average molecular weight is 241 g/mol. The standard InChI is InChI=1S/C8H17ClN2O2S/c1-3-11-6-4-5-8(11)7-10(2)14(9,12)13/h8H,3-7H2,1-2H3. The minimum absolute atomic E-state index is 0.332. The maximum absolute atomic E-state index is 11.0. The van der Waals surface area contributed by atoms with Crippen LogP contribution in [0.25, 0.3) is 0 Å². The van der Waals surface area contributed by atoms with E-state index in [2.05, 4.69) is 11.8 Å². The molecule has 14 heavy (non-hydrogen) atoms. The van der Waals surface area contributed by atoms with Crippen LogP contribution in [-0.4, -0.2) is 50.3 Å². The molecule has 84 valence electrons. The first-order valence-corrected chi connectivity index (χ1v) is 7.11. The Morgan fingerprint density at radius 3 is 2.71 bits per heavy atom. The van der Waals surface area contributed by atoms with Gasteiger partial charge >= 0.3 is 0 Å². The van der Waals surface area contributed by atoms with Gasteiger partial charge in [0, 0.05) is 30.3 Å². The summed E-state index contributed by atoms with van der Waals surface area (Å²) >= 11 is 0. The highest BCUT2D eigenvalue weighted by atomic mass is 35.7. The SMILES string of the molecule is CCN1CCCC1CN(C)S(=O)(=O)Cl. The van der Waals surface area contributed by atoms with Crippen molar-refractivity contribution in [1.82, 2.24) is 9.21 Å². The summed E-state index contributed by atoms with van der Waals surface area (Å²) in [6, 6.07) is 0.332. The van der Waals surface area contributed by atoms with Crippen LogP contribution in [0.5, 0.6) is 0 Å². The van der Waals surface area contributed by atoms with E-state index < -0.39 is 9.24 Å². The molecule has 1 unspecified atom stereocenters. The Morgan fingerprint density at radius 1 is 1.57 bits per heavy atom. The summed E-state index contributed by atoms with van der Waals surface area (Å²) in [6.45, 7) is 4.63. The van der Waals surface area contributed by atoms with Crippen LogP contribution in [0.3, 0.4) is 0 Å². The van der Waals surface area contributed by atoms with Gasteiger partial charge in [-0.25, -0.2) is 0 Å². The first-order chi connectivity index (χ1) is 6.45. The van der Waals surface area contributed by atoms with E-state index in [-0.39, 0.29) is 0 Å². The molecule has 0 aromatic carbocycles. The molecule has 1 aliphatic heterocycles. The van der Waals surface area contributed by atoms with Gasteiger partial charge in [0.15, 0.2) is 0 Å². The van der Waals surface area contributed by atoms with Crippen LogP contribution in [0.15, 0.2) is 0 Å². The molecule has 0 saturated carbocycles. The van der Waals surface area contributed by atoms with Gasteiger partial charge in [-0.15, -0.1) is 0 Å². The molecule has 1 rings (SSSR count). The van der Waals surface area contributed by atoms with Crippen LogP contribution in [0, 0.1) is 0 Å². The van der Waals surface area contributed by atoms with E-state index in [0.29, 0.717) is 12.6 Å². The number of likely N-dealkylation sites (N-methyl/N-ethyl adjacent to an activating group) is 2. The van der Waals surface area contributed by atoms with Crippen molar-refractivity contribution in [3.63, 3.8) is 0 Å². The molecular weight excluding hydrogens is 224 g/mol. The zero-order valence-electron chi connectivity index (χ0n) is 8.61. The van der Waals surface area contributed by atoms with Gasteiger partial charge in [-0.2, -0.15) is 12.7 Å². The first-order valence-electron chi connectivity index (χ1n) is 4.85. The Balaban J connectivity index is 2.52. The van der Waals surface area contributed by atoms with Crippen molar-refractivity contribution in [3.05, 3.63) is 0 Å². The second-order valence-corrected chi connectivity index (χ2v) is 6.26. The minimum Gasteiger partial charge on any atom is -0.299 e. The highest BCUT2D eigenvalue weighted by molar-refractivity contribution is 8.11. The molecule has 1 aliphatic rings. The van der Waals surface area contributed by atoms with E-state index in [9.17, 15) is 8.42 Å². The zero-order chi connectivity index (χ0) is 10.8. The molecule has 0 spiro atoms. The van der Waals surface area contributed by atoms with Gasteiger partial charge in [-0.3, -0.25) is 4.90 Å². The molecule has 0 N–H and O–H groups in total. The van der Waals surface area contributed by atoms with Crippen LogP contribution in [0.4, 0.5) is 0 Å². The molecule has 6 heteroatoms. The average Bonchev–Trinajstić information content (AvgIpc) is 2.50. The lowest BCUT2D eigenvalue weighted by Crippen LogP contribution is -2.39. The summed E-state index contributed by atoms with van der Waals surface area (Å²) in [6.07, 6.45) is 2.21. The Bertz CT molecular complexity index is 281. The lowest BCUT2D eigenvalue weighted by molar-refractivity contribution is 0.239. The maximum Gasteiger partial charge on any atom is 0.299 e. The summed E-state index contributed by atoms with van der Waals surface area (Å²) in [5.41, 5.74) is 0. The van der Waals surface area contributed by atoms with Crippen molar-refractivity contribution in [2.24, 2.45) is 0 Å². The van der Waals surface area contributed by atoms with Crippen molar-refractivity contribution < 1.29 is 8.42 Å². The molecule has 0 aromatic rings. The number of hydrogen-bond acceptors (Lipinski definition) is 3. The van der Waals surface area contributed by atoms with Gasteiger partial charge < -0.3 is 0 Å². The van der Waals surface area contributed by atoms with Crippen LogP contribution < -0.4 is 0 Å². The molecule has 1 fully saturated rings. The smallest absolute Gasteiger partial charge is 0.299 e. The largest absolute Gasteiger partial charge is 0.299 e. The third kappa shape index (κ3) is 3.08. The predicted octanol–water partition coefficient (Wildman–Crippen LogP) is 0.886. The number of nitrogens with zero attached hydrogens (tertiary/aromatic N) is 2. The van der Waals surface area contributed by atoms with E-state index in [1.165, 1.54) is 11.4 Å². The fourth-order valence-electron chi connectivity index (χ4n) is 1.90. The Hall–Kier alpha value is 0.160. The third-order valence-electron chi connectivity index (χ3n) is 2.75. The van der Waals surface area contributed by atoms with Gasteiger partial charge in [-0.1, -0.05) is 6.92 Å². The van der Waals surface area contributed by atoms with Crippen LogP contribution in [0.1, 0.15) is 19.8 Å². The zero-order valence-corrected chi connectivity index (χ0v) is 10.2.